The zero-order chi connectivity index (χ0) is 11.5. The van der Waals surface area contributed by atoms with Gasteiger partial charge in [-0.15, -0.1) is 0 Å². The quantitative estimate of drug-likeness (QED) is 0.779. The van der Waals surface area contributed by atoms with Gasteiger partial charge in [0, 0.05) is 19.2 Å². The molecule has 1 aromatic rings. The number of anilines is 1. The number of nitrogens with zero attached hydrogens (tertiary/aromatic N) is 4. The molecule has 1 aliphatic heterocycles. The Morgan fingerprint density at radius 3 is 2.88 bits per heavy atom. The molecule has 1 aliphatic rings. The largest absolute Gasteiger partial charge is 0.312 e. The number of amidine groups is 1. The normalized spacial score (nSPS) is 15.8. The van der Waals surface area contributed by atoms with E-state index in [0.29, 0.717) is 5.92 Å². The van der Waals surface area contributed by atoms with Gasteiger partial charge in [0.15, 0.2) is 5.82 Å². The first-order valence-electron chi connectivity index (χ1n) is 5.76. The number of aliphatic imine (C=N–C) groups is 1. The minimum atomic E-state index is 0.622. The van der Waals surface area contributed by atoms with Crippen LogP contribution in [-0.4, -0.2) is 28.9 Å². The van der Waals surface area contributed by atoms with Gasteiger partial charge in [0.25, 0.3) is 0 Å². The highest BCUT2D eigenvalue weighted by molar-refractivity contribution is 5.98. The van der Waals surface area contributed by atoms with E-state index in [1.54, 1.807) is 6.20 Å². The average Bonchev–Trinajstić information content (AvgIpc) is 2.65. The molecule has 1 aromatic heterocycles. The Hall–Kier alpha value is -1.45. The van der Waals surface area contributed by atoms with E-state index in [-0.39, 0.29) is 0 Å². The van der Waals surface area contributed by atoms with Crippen LogP contribution in [0.3, 0.4) is 0 Å². The van der Waals surface area contributed by atoms with Gasteiger partial charge in [-0.05, 0) is 12.8 Å². The van der Waals surface area contributed by atoms with Gasteiger partial charge in [-0.2, -0.15) is 0 Å². The molecule has 0 N–H and O–H groups in total. The summed E-state index contributed by atoms with van der Waals surface area (Å²) in [6, 6.07) is 0. The zero-order valence-corrected chi connectivity index (χ0v) is 10.1. The fraction of sp³-hybridized carbons (Fsp3) is 0.583. The van der Waals surface area contributed by atoms with Crippen LogP contribution in [0.2, 0.25) is 0 Å². The molecule has 0 atom stereocenters. The number of aryl methyl sites for hydroxylation is 1. The van der Waals surface area contributed by atoms with Gasteiger partial charge in [0.05, 0.1) is 18.4 Å². The third-order valence-electron chi connectivity index (χ3n) is 2.54. The first kappa shape index (κ1) is 11.0. The molecule has 0 fully saturated rings. The van der Waals surface area contributed by atoms with Crippen molar-refractivity contribution in [3.8, 4) is 0 Å². The number of aromatic nitrogens is 2. The summed E-state index contributed by atoms with van der Waals surface area (Å²) < 4.78 is 0. The molecule has 0 bridgehead atoms. The van der Waals surface area contributed by atoms with E-state index in [0.717, 1.165) is 36.9 Å². The lowest BCUT2D eigenvalue weighted by molar-refractivity contribution is 0.679. The molecule has 0 aliphatic carbocycles. The van der Waals surface area contributed by atoms with Gasteiger partial charge in [-0.3, -0.25) is 9.98 Å². The summed E-state index contributed by atoms with van der Waals surface area (Å²) >= 11 is 0. The molecule has 0 radical (unpaired) electrons. The molecule has 4 nitrogen and oxygen atoms in total. The maximum atomic E-state index is 4.54. The van der Waals surface area contributed by atoms with E-state index < -0.39 is 0 Å². The lowest BCUT2D eigenvalue weighted by atomic mass is 10.1. The second-order valence-corrected chi connectivity index (χ2v) is 4.57. The smallest absolute Gasteiger partial charge is 0.152 e. The predicted octanol–water partition coefficient (Wildman–Crippen LogP) is 2.05. The van der Waals surface area contributed by atoms with E-state index >= 15 is 0 Å². The Bertz CT molecular complexity index is 398. The van der Waals surface area contributed by atoms with E-state index in [9.17, 15) is 0 Å². The Balaban J connectivity index is 2.18. The Kier molecular flexibility index (Phi) is 3.17. The molecule has 0 saturated heterocycles. The molecule has 0 unspecified atom stereocenters. The van der Waals surface area contributed by atoms with Crippen LogP contribution in [0.15, 0.2) is 17.4 Å². The molecular formula is C12H18N4. The van der Waals surface area contributed by atoms with Crippen molar-refractivity contribution < 1.29 is 0 Å². The summed E-state index contributed by atoms with van der Waals surface area (Å²) in [6.07, 6.45) is 4.60. The fourth-order valence-corrected chi connectivity index (χ4v) is 1.86. The summed E-state index contributed by atoms with van der Waals surface area (Å²) in [5.74, 6) is 2.70. The molecule has 0 spiro atoms. The van der Waals surface area contributed by atoms with Gasteiger partial charge in [0.2, 0.25) is 0 Å². The van der Waals surface area contributed by atoms with Crippen molar-refractivity contribution in [3.05, 3.63) is 18.1 Å². The van der Waals surface area contributed by atoms with Crippen molar-refractivity contribution in [1.29, 1.82) is 0 Å². The monoisotopic (exact) mass is 218 g/mol. The van der Waals surface area contributed by atoms with Gasteiger partial charge in [-0.25, -0.2) is 4.98 Å². The van der Waals surface area contributed by atoms with Crippen molar-refractivity contribution in [1.82, 2.24) is 9.97 Å². The third kappa shape index (κ3) is 2.38. The van der Waals surface area contributed by atoms with Crippen LogP contribution in [0.25, 0.3) is 0 Å². The molecule has 86 valence electrons. The lowest BCUT2D eigenvalue weighted by Gasteiger charge is -2.20. The molecular weight excluding hydrogens is 200 g/mol. The predicted molar refractivity (Wildman–Crippen MR) is 65.9 cm³/mol. The summed E-state index contributed by atoms with van der Waals surface area (Å²) in [6.45, 7) is 8.19. The van der Waals surface area contributed by atoms with Gasteiger partial charge in [0.1, 0.15) is 5.84 Å². The molecule has 0 saturated carbocycles. The van der Waals surface area contributed by atoms with Crippen LogP contribution >= 0.6 is 0 Å². The SMILES string of the molecule is Cc1cncc(N2CCN=C2CC(C)C)n1. The van der Waals surface area contributed by atoms with Gasteiger partial charge >= 0.3 is 0 Å². The van der Waals surface area contributed by atoms with Crippen LogP contribution in [0, 0.1) is 12.8 Å². The number of hydrogen-bond acceptors (Lipinski definition) is 4. The van der Waals surface area contributed by atoms with Crippen molar-refractivity contribution in [2.24, 2.45) is 10.9 Å². The van der Waals surface area contributed by atoms with Crippen molar-refractivity contribution in [3.63, 3.8) is 0 Å². The molecule has 2 heterocycles. The molecule has 0 amide bonds. The third-order valence-corrected chi connectivity index (χ3v) is 2.54. The molecule has 2 rings (SSSR count). The van der Waals surface area contributed by atoms with E-state index in [4.69, 9.17) is 0 Å². The van der Waals surface area contributed by atoms with Crippen LogP contribution in [0.1, 0.15) is 26.0 Å². The van der Waals surface area contributed by atoms with E-state index in [2.05, 4.69) is 33.7 Å². The van der Waals surface area contributed by atoms with Gasteiger partial charge in [-0.1, -0.05) is 13.8 Å². The standard InChI is InChI=1S/C12H18N4/c1-9(2)6-11-14-4-5-16(11)12-8-13-7-10(3)15-12/h7-9H,4-6H2,1-3H3. The highest BCUT2D eigenvalue weighted by atomic mass is 15.3. The highest BCUT2D eigenvalue weighted by Gasteiger charge is 2.20. The average molecular weight is 218 g/mol. The van der Waals surface area contributed by atoms with Crippen molar-refractivity contribution >= 4 is 11.7 Å². The van der Waals surface area contributed by atoms with Crippen molar-refractivity contribution in [2.75, 3.05) is 18.0 Å². The Labute approximate surface area is 96.4 Å². The number of hydrogen-bond donors (Lipinski definition) is 0. The first-order chi connectivity index (χ1) is 7.66. The maximum absolute atomic E-state index is 4.54. The summed E-state index contributed by atoms with van der Waals surface area (Å²) in [5, 5.41) is 0. The summed E-state index contributed by atoms with van der Waals surface area (Å²) in [7, 11) is 0. The zero-order valence-electron chi connectivity index (χ0n) is 10.1. The first-order valence-corrected chi connectivity index (χ1v) is 5.76. The van der Waals surface area contributed by atoms with Crippen LogP contribution in [0.5, 0.6) is 0 Å². The second kappa shape index (κ2) is 4.60. The molecule has 0 aromatic carbocycles. The van der Waals surface area contributed by atoms with E-state index in [1.807, 2.05) is 13.1 Å². The van der Waals surface area contributed by atoms with E-state index in [1.165, 1.54) is 0 Å². The minimum Gasteiger partial charge on any atom is -0.312 e. The highest BCUT2D eigenvalue weighted by Crippen LogP contribution is 2.17. The summed E-state index contributed by atoms with van der Waals surface area (Å²) in [4.78, 5) is 15.4. The second-order valence-electron chi connectivity index (χ2n) is 4.57. The topological polar surface area (TPSA) is 41.4 Å². The number of rotatable bonds is 3. The molecule has 4 heteroatoms. The van der Waals surface area contributed by atoms with Crippen LogP contribution < -0.4 is 4.90 Å². The Morgan fingerprint density at radius 2 is 2.19 bits per heavy atom. The van der Waals surface area contributed by atoms with Crippen molar-refractivity contribution in [2.45, 2.75) is 27.2 Å². The fourth-order valence-electron chi connectivity index (χ4n) is 1.86. The van der Waals surface area contributed by atoms with Crippen LogP contribution in [-0.2, 0) is 0 Å². The van der Waals surface area contributed by atoms with Crippen LogP contribution in [0.4, 0.5) is 5.82 Å². The Morgan fingerprint density at radius 1 is 1.38 bits per heavy atom. The van der Waals surface area contributed by atoms with Gasteiger partial charge < -0.3 is 4.90 Å². The maximum Gasteiger partial charge on any atom is 0.152 e. The molecule has 16 heavy (non-hydrogen) atoms. The minimum absolute atomic E-state index is 0.622. The summed E-state index contributed by atoms with van der Waals surface area (Å²) in [5.41, 5.74) is 0.952. The lowest BCUT2D eigenvalue weighted by Crippen LogP contribution is -2.29.